The number of rotatable bonds is 6. The third-order valence-corrected chi connectivity index (χ3v) is 4.20. The van der Waals surface area contributed by atoms with E-state index in [9.17, 15) is 9.59 Å². The van der Waals surface area contributed by atoms with Gasteiger partial charge in [-0.2, -0.15) is 0 Å². The molecule has 1 unspecified atom stereocenters. The molecule has 0 radical (unpaired) electrons. The van der Waals surface area contributed by atoms with E-state index in [0.717, 1.165) is 25.9 Å². The van der Waals surface area contributed by atoms with Crippen molar-refractivity contribution in [3.8, 4) is 0 Å². The quantitative estimate of drug-likeness (QED) is 0.717. The topological polar surface area (TPSA) is 72.9 Å². The maximum absolute atomic E-state index is 12.0. The van der Waals surface area contributed by atoms with Crippen molar-refractivity contribution in [3.63, 3.8) is 0 Å². The van der Waals surface area contributed by atoms with Crippen LogP contribution in [0.1, 0.15) is 38.5 Å². The summed E-state index contributed by atoms with van der Waals surface area (Å²) in [6, 6.07) is 0.539. The number of carboxylic acid groups (broad SMARTS) is 1. The first-order valence-corrected chi connectivity index (χ1v) is 7.65. The van der Waals surface area contributed by atoms with Crippen LogP contribution in [0.15, 0.2) is 0 Å². The van der Waals surface area contributed by atoms with Crippen LogP contribution < -0.4 is 5.32 Å². The molecule has 2 amide bonds. The summed E-state index contributed by atoms with van der Waals surface area (Å²) in [6.45, 7) is 4.59. The van der Waals surface area contributed by atoms with Crippen molar-refractivity contribution in [2.75, 3.05) is 32.7 Å². The molecule has 0 bridgehead atoms. The van der Waals surface area contributed by atoms with Gasteiger partial charge < -0.3 is 15.3 Å². The molecule has 0 spiro atoms. The number of nitrogens with one attached hydrogen (secondary N) is 1. The summed E-state index contributed by atoms with van der Waals surface area (Å²) < 4.78 is 0. The van der Waals surface area contributed by atoms with Crippen molar-refractivity contribution >= 4 is 12.0 Å². The Balaban J connectivity index is 1.60. The summed E-state index contributed by atoms with van der Waals surface area (Å²) in [7, 11) is 0. The molecule has 2 saturated heterocycles. The maximum atomic E-state index is 12.0. The molecule has 0 aromatic carbocycles. The first-order chi connectivity index (χ1) is 9.66. The highest BCUT2D eigenvalue weighted by atomic mass is 16.4. The molecule has 2 aliphatic heterocycles. The van der Waals surface area contributed by atoms with Gasteiger partial charge in [0, 0.05) is 32.1 Å². The zero-order valence-electron chi connectivity index (χ0n) is 12.0. The standard InChI is InChI=1S/C14H25N3O3/c18-13(19)5-1-2-7-15-14(20)17-10-6-12(11-17)16-8-3-4-9-16/h12H,1-11H2,(H,15,20)(H,18,19). The number of carbonyl (C=O) groups is 2. The minimum absolute atomic E-state index is 0.00187. The number of hydrogen-bond acceptors (Lipinski definition) is 3. The fraction of sp³-hybridized carbons (Fsp3) is 0.857. The monoisotopic (exact) mass is 283 g/mol. The third-order valence-electron chi connectivity index (χ3n) is 4.20. The van der Waals surface area contributed by atoms with Gasteiger partial charge in [-0.05, 0) is 45.2 Å². The van der Waals surface area contributed by atoms with Gasteiger partial charge >= 0.3 is 12.0 Å². The Morgan fingerprint density at radius 3 is 2.60 bits per heavy atom. The number of nitrogens with zero attached hydrogens (tertiary/aromatic N) is 2. The van der Waals surface area contributed by atoms with Gasteiger partial charge in [0.1, 0.15) is 0 Å². The van der Waals surface area contributed by atoms with Crippen LogP contribution in [0.3, 0.4) is 0 Å². The molecule has 2 heterocycles. The number of aliphatic carboxylic acids is 1. The van der Waals surface area contributed by atoms with Crippen LogP contribution in [0.5, 0.6) is 0 Å². The first kappa shape index (κ1) is 15.1. The molecule has 6 heteroatoms. The molecule has 2 fully saturated rings. The summed E-state index contributed by atoms with van der Waals surface area (Å²) >= 11 is 0. The van der Waals surface area contributed by atoms with Crippen LogP contribution in [0.2, 0.25) is 0 Å². The lowest BCUT2D eigenvalue weighted by molar-refractivity contribution is -0.137. The minimum Gasteiger partial charge on any atom is -0.481 e. The molecule has 2 N–H and O–H groups in total. The SMILES string of the molecule is O=C(O)CCCCNC(=O)N1CCC(N2CCCC2)C1. The van der Waals surface area contributed by atoms with E-state index >= 15 is 0 Å². The van der Waals surface area contributed by atoms with Crippen LogP contribution in [-0.2, 0) is 4.79 Å². The Hall–Kier alpha value is -1.30. The zero-order chi connectivity index (χ0) is 14.4. The Labute approximate surface area is 120 Å². The van der Waals surface area contributed by atoms with E-state index in [-0.39, 0.29) is 12.5 Å². The van der Waals surface area contributed by atoms with E-state index in [1.165, 1.54) is 25.9 Å². The average molecular weight is 283 g/mol. The van der Waals surface area contributed by atoms with Gasteiger partial charge in [-0.15, -0.1) is 0 Å². The lowest BCUT2D eigenvalue weighted by atomic mass is 10.2. The summed E-state index contributed by atoms with van der Waals surface area (Å²) in [5.41, 5.74) is 0. The molecule has 0 aromatic rings. The van der Waals surface area contributed by atoms with E-state index in [4.69, 9.17) is 5.11 Å². The number of likely N-dealkylation sites (tertiary alicyclic amines) is 2. The number of amides is 2. The number of carbonyl (C=O) groups excluding carboxylic acids is 1. The summed E-state index contributed by atoms with van der Waals surface area (Å²) in [5.74, 6) is -0.774. The summed E-state index contributed by atoms with van der Waals surface area (Å²) in [5, 5.41) is 11.4. The van der Waals surface area contributed by atoms with Crippen LogP contribution in [0, 0.1) is 0 Å². The summed E-state index contributed by atoms with van der Waals surface area (Å²) in [4.78, 5) is 26.7. The Bertz CT molecular complexity index is 343. The minimum atomic E-state index is -0.774. The molecule has 2 rings (SSSR count). The molecule has 114 valence electrons. The number of hydrogen-bond donors (Lipinski definition) is 2. The van der Waals surface area contributed by atoms with Crippen molar-refractivity contribution in [2.45, 2.75) is 44.6 Å². The van der Waals surface area contributed by atoms with Crippen LogP contribution >= 0.6 is 0 Å². The molecule has 1 atom stereocenters. The van der Waals surface area contributed by atoms with E-state index < -0.39 is 5.97 Å². The van der Waals surface area contributed by atoms with Crippen molar-refractivity contribution in [3.05, 3.63) is 0 Å². The number of urea groups is 1. The zero-order valence-corrected chi connectivity index (χ0v) is 12.0. The first-order valence-electron chi connectivity index (χ1n) is 7.65. The number of unbranched alkanes of at least 4 members (excludes halogenated alkanes) is 1. The van der Waals surface area contributed by atoms with Crippen LogP contribution in [0.4, 0.5) is 4.79 Å². The average Bonchev–Trinajstić information content (AvgIpc) is 3.08. The molecule has 0 aromatic heterocycles. The number of carboxylic acids is 1. The fourth-order valence-electron chi connectivity index (χ4n) is 3.04. The molecule has 0 saturated carbocycles. The molecule has 2 aliphatic rings. The molecule has 6 nitrogen and oxygen atoms in total. The Morgan fingerprint density at radius 1 is 1.15 bits per heavy atom. The second-order valence-electron chi connectivity index (χ2n) is 5.71. The van der Waals surface area contributed by atoms with Crippen LogP contribution in [0.25, 0.3) is 0 Å². The van der Waals surface area contributed by atoms with Gasteiger partial charge in [-0.25, -0.2) is 4.79 Å². The fourth-order valence-corrected chi connectivity index (χ4v) is 3.04. The van der Waals surface area contributed by atoms with Gasteiger partial charge in [0.2, 0.25) is 0 Å². The predicted octanol–water partition coefficient (Wildman–Crippen LogP) is 1.12. The Kier molecular flexibility index (Phi) is 5.64. The Morgan fingerprint density at radius 2 is 1.90 bits per heavy atom. The smallest absolute Gasteiger partial charge is 0.317 e. The van der Waals surface area contributed by atoms with Gasteiger partial charge in [-0.3, -0.25) is 9.69 Å². The van der Waals surface area contributed by atoms with E-state index in [1.54, 1.807) is 0 Å². The van der Waals surface area contributed by atoms with Gasteiger partial charge in [0.05, 0.1) is 0 Å². The molecule has 0 aliphatic carbocycles. The van der Waals surface area contributed by atoms with Gasteiger partial charge in [0.15, 0.2) is 0 Å². The highest BCUT2D eigenvalue weighted by Crippen LogP contribution is 2.20. The van der Waals surface area contributed by atoms with E-state index in [2.05, 4.69) is 10.2 Å². The third kappa shape index (κ3) is 4.37. The maximum Gasteiger partial charge on any atom is 0.317 e. The van der Waals surface area contributed by atoms with Crippen molar-refractivity contribution in [1.82, 2.24) is 15.1 Å². The molecular formula is C14H25N3O3. The van der Waals surface area contributed by atoms with Gasteiger partial charge in [-0.1, -0.05) is 0 Å². The lowest BCUT2D eigenvalue weighted by Crippen LogP contribution is -2.41. The molecule has 20 heavy (non-hydrogen) atoms. The highest BCUT2D eigenvalue weighted by molar-refractivity contribution is 5.74. The second kappa shape index (κ2) is 7.47. The second-order valence-corrected chi connectivity index (χ2v) is 5.71. The van der Waals surface area contributed by atoms with E-state index in [0.29, 0.717) is 19.0 Å². The lowest BCUT2D eigenvalue weighted by Gasteiger charge is -2.23. The van der Waals surface area contributed by atoms with Crippen molar-refractivity contribution in [2.24, 2.45) is 0 Å². The van der Waals surface area contributed by atoms with Crippen LogP contribution in [-0.4, -0.2) is 65.7 Å². The molecular weight excluding hydrogens is 258 g/mol. The predicted molar refractivity (Wildman–Crippen MR) is 75.7 cm³/mol. The summed E-state index contributed by atoms with van der Waals surface area (Å²) in [6.07, 6.45) is 5.16. The largest absolute Gasteiger partial charge is 0.481 e. The van der Waals surface area contributed by atoms with Gasteiger partial charge in [0.25, 0.3) is 0 Å². The highest BCUT2D eigenvalue weighted by Gasteiger charge is 2.31. The normalized spacial score (nSPS) is 23.2. The van der Waals surface area contributed by atoms with Crippen molar-refractivity contribution < 1.29 is 14.7 Å². The van der Waals surface area contributed by atoms with Crippen molar-refractivity contribution in [1.29, 1.82) is 0 Å². The van der Waals surface area contributed by atoms with E-state index in [1.807, 2.05) is 4.90 Å².